The van der Waals surface area contributed by atoms with Gasteiger partial charge >= 0.3 is 5.97 Å². The first kappa shape index (κ1) is 16.6. The molecule has 0 unspecified atom stereocenters. The summed E-state index contributed by atoms with van der Waals surface area (Å²) in [4.78, 5) is 12.0. The van der Waals surface area contributed by atoms with E-state index in [0.717, 1.165) is 24.0 Å². The first-order valence-electron chi connectivity index (χ1n) is 8.57. The second-order valence-corrected chi connectivity index (χ2v) is 5.97. The lowest BCUT2D eigenvalue weighted by atomic mass is 9.97. The van der Waals surface area contributed by atoms with Crippen LogP contribution < -0.4 is 0 Å². The third kappa shape index (κ3) is 3.82. The SMILES string of the molecule is CCOC(=O)c1n[nH]nc1-c1ccccc1COC1CCCCC1. The summed E-state index contributed by atoms with van der Waals surface area (Å²) >= 11 is 0. The molecule has 1 fully saturated rings. The van der Waals surface area contributed by atoms with Gasteiger partial charge in [-0.3, -0.25) is 0 Å². The minimum atomic E-state index is -0.468. The Balaban J connectivity index is 1.79. The Morgan fingerprint density at radius 3 is 2.79 bits per heavy atom. The van der Waals surface area contributed by atoms with Crippen LogP contribution in [0.4, 0.5) is 0 Å². The molecule has 0 aliphatic heterocycles. The van der Waals surface area contributed by atoms with Gasteiger partial charge in [-0.1, -0.05) is 43.5 Å². The van der Waals surface area contributed by atoms with E-state index < -0.39 is 5.97 Å². The van der Waals surface area contributed by atoms with E-state index in [1.165, 1.54) is 19.3 Å². The Bertz CT molecular complexity index is 678. The molecule has 1 aliphatic rings. The van der Waals surface area contributed by atoms with Gasteiger partial charge in [0, 0.05) is 5.56 Å². The van der Waals surface area contributed by atoms with Gasteiger partial charge in [0.2, 0.25) is 0 Å². The van der Waals surface area contributed by atoms with E-state index in [0.29, 0.717) is 25.0 Å². The van der Waals surface area contributed by atoms with Gasteiger partial charge in [0.15, 0.2) is 5.69 Å². The third-order valence-electron chi connectivity index (χ3n) is 4.32. The number of nitrogens with one attached hydrogen (secondary N) is 1. The van der Waals surface area contributed by atoms with Gasteiger partial charge < -0.3 is 9.47 Å². The van der Waals surface area contributed by atoms with Crippen molar-refractivity contribution in [3.63, 3.8) is 0 Å². The molecule has 128 valence electrons. The number of rotatable bonds is 6. The predicted molar refractivity (Wildman–Crippen MR) is 89.4 cm³/mol. The minimum Gasteiger partial charge on any atom is -0.461 e. The van der Waals surface area contributed by atoms with Gasteiger partial charge in [0.1, 0.15) is 5.69 Å². The Morgan fingerprint density at radius 2 is 2.00 bits per heavy atom. The Hall–Kier alpha value is -2.21. The molecule has 2 aromatic rings. The highest BCUT2D eigenvalue weighted by atomic mass is 16.5. The molecular formula is C18H23N3O3. The molecule has 1 heterocycles. The van der Waals surface area contributed by atoms with Crippen molar-refractivity contribution in [3.8, 4) is 11.3 Å². The normalized spacial score (nSPS) is 15.4. The van der Waals surface area contributed by atoms with E-state index in [1.54, 1.807) is 6.92 Å². The van der Waals surface area contributed by atoms with Crippen LogP contribution in [0.5, 0.6) is 0 Å². The van der Waals surface area contributed by atoms with Crippen molar-refractivity contribution in [3.05, 3.63) is 35.5 Å². The number of nitrogens with zero attached hydrogens (tertiary/aromatic N) is 2. The van der Waals surface area contributed by atoms with Crippen molar-refractivity contribution in [1.82, 2.24) is 15.4 Å². The topological polar surface area (TPSA) is 77.1 Å². The second-order valence-electron chi connectivity index (χ2n) is 5.97. The molecule has 6 heteroatoms. The van der Waals surface area contributed by atoms with Crippen molar-refractivity contribution < 1.29 is 14.3 Å². The van der Waals surface area contributed by atoms with E-state index in [4.69, 9.17) is 9.47 Å². The quantitative estimate of drug-likeness (QED) is 0.821. The summed E-state index contributed by atoms with van der Waals surface area (Å²) in [6.07, 6.45) is 6.36. The second kappa shape index (κ2) is 8.06. The Kier molecular flexibility index (Phi) is 5.59. The van der Waals surface area contributed by atoms with Crippen molar-refractivity contribution in [2.24, 2.45) is 0 Å². The molecule has 1 saturated carbocycles. The average Bonchev–Trinajstić information content (AvgIpc) is 3.11. The molecule has 3 rings (SSSR count). The first-order chi connectivity index (χ1) is 11.8. The maximum absolute atomic E-state index is 12.0. The lowest BCUT2D eigenvalue weighted by Gasteiger charge is -2.22. The molecule has 0 spiro atoms. The number of ether oxygens (including phenoxy) is 2. The molecule has 1 aromatic heterocycles. The molecule has 1 N–H and O–H groups in total. The van der Waals surface area contributed by atoms with Gasteiger partial charge in [-0.2, -0.15) is 10.3 Å². The van der Waals surface area contributed by atoms with Gasteiger partial charge in [-0.25, -0.2) is 4.79 Å². The highest BCUT2D eigenvalue weighted by molar-refractivity contribution is 5.94. The van der Waals surface area contributed by atoms with Crippen LogP contribution in [0.15, 0.2) is 24.3 Å². The lowest BCUT2D eigenvalue weighted by Crippen LogP contribution is -2.16. The molecule has 6 nitrogen and oxygen atoms in total. The molecule has 0 amide bonds. The molecule has 0 radical (unpaired) electrons. The Morgan fingerprint density at radius 1 is 1.21 bits per heavy atom. The molecule has 1 aliphatic carbocycles. The van der Waals surface area contributed by atoms with Gasteiger partial charge in [0.05, 0.1) is 19.3 Å². The number of benzene rings is 1. The molecular weight excluding hydrogens is 306 g/mol. The number of carbonyl (C=O) groups excluding carboxylic acids is 1. The maximum Gasteiger partial charge on any atom is 0.361 e. The molecule has 0 saturated heterocycles. The number of hydrogen-bond donors (Lipinski definition) is 1. The van der Waals surface area contributed by atoms with Gasteiger partial charge in [0.25, 0.3) is 0 Å². The maximum atomic E-state index is 12.0. The highest BCUT2D eigenvalue weighted by Gasteiger charge is 2.21. The fourth-order valence-corrected chi connectivity index (χ4v) is 3.08. The van der Waals surface area contributed by atoms with Gasteiger partial charge in [-0.15, -0.1) is 5.10 Å². The fourth-order valence-electron chi connectivity index (χ4n) is 3.08. The van der Waals surface area contributed by atoms with E-state index in [9.17, 15) is 4.79 Å². The zero-order chi connectivity index (χ0) is 16.8. The van der Waals surface area contributed by atoms with Crippen LogP contribution in [0.1, 0.15) is 55.1 Å². The number of H-pyrrole nitrogens is 1. The van der Waals surface area contributed by atoms with E-state index in [1.807, 2.05) is 24.3 Å². The Labute approximate surface area is 141 Å². The van der Waals surface area contributed by atoms with Gasteiger partial charge in [-0.05, 0) is 25.3 Å². The smallest absolute Gasteiger partial charge is 0.361 e. The van der Waals surface area contributed by atoms with Crippen LogP contribution in [0.3, 0.4) is 0 Å². The standard InChI is InChI=1S/C18H23N3O3/c1-2-23-18(22)17-16(19-21-20-17)15-11-7-6-8-13(15)12-24-14-9-4-3-5-10-14/h6-8,11,14H,2-5,9-10,12H2,1H3,(H,19,20,21). The van der Waals surface area contributed by atoms with Crippen molar-refractivity contribution in [2.75, 3.05) is 6.61 Å². The van der Waals surface area contributed by atoms with Crippen molar-refractivity contribution in [1.29, 1.82) is 0 Å². The van der Waals surface area contributed by atoms with Crippen LogP contribution in [-0.2, 0) is 16.1 Å². The van der Waals surface area contributed by atoms with Crippen LogP contribution in [0.2, 0.25) is 0 Å². The molecule has 0 bridgehead atoms. The zero-order valence-corrected chi connectivity index (χ0v) is 14.0. The summed E-state index contributed by atoms with van der Waals surface area (Å²) in [5.41, 5.74) is 2.57. The lowest BCUT2D eigenvalue weighted by molar-refractivity contribution is 0.0170. The molecule has 24 heavy (non-hydrogen) atoms. The number of aromatic nitrogens is 3. The van der Waals surface area contributed by atoms with E-state index in [-0.39, 0.29) is 5.69 Å². The fraction of sp³-hybridized carbons (Fsp3) is 0.500. The molecule has 0 atom stereocenters. The first-order valence-corrected chi connectivity index (χ1v) is 8.57. The number of aromatic amines is 1. The van der Waals surface area contributed by atoms with E-state index >= 15 is 0 Å². The highest BCUT2D eigenvalue weighted by Crippen LogP contribution is 2.27. The summed E-state index contributed by atoms with van der Waals surface area (Å²) in [6, 6.07) is 7.82. The van der Waals surface area contributed by atoms with Crippen LogP contribution >= 0.6 is 0 Å². The predicted octanol–water partition coefficient (Wildman–Crippen LogP) is 3.50. The number of esters is 1. The van der Waals surface area contributed by atoms with Crippen molar-refractivity contribution >= 4 is 5.97 Å². The summed E-state index contributed by atoms with van der Waals surface area (Å²) in [5, 5.41) is 10.6. The van der Waals surface area contributed by atoms with Crippen LogP contribution in [-0.4, -0.2) is 34.1 Å². The molecule has 1 aromatic carbocycles. The summed E-state index contributed by atoms with van der Waals surface area (Å²) in [5.74, 6) is -0.468. The van der Waals surface area contributed by atoms with Crippen LogP contribution in [0, 0.1) is 0 Å². The summed E-state index contributed by atoms with van der Waals surface area (Å²) in [7, 11) is 0. The summed E-state index contributed by atoms with van der Waals surface area (Å²) in [6.45, 7) is 2.58. The monoisotopic (exact) mass is 329 g/mol. The van der Waals surface area contributed by atoms with E-state index in [2.05, 4.69) is 15.4 Å². The number of carbonyl (C=O) groups is 1. The number of hydrogen-bond acceptors (Lipinski definition) is 5. The summed E-state index contributed by atoms with van der Waals surface area (Å²) < 4.78 is 11.1. The third-order valence-corrected chi connectivity index (χ3v) is 4.32. The minimum absolute atomic E-state index is 0.210. The largest absolute Gasteiger partial charge is 0.461 e. The zero-order valence-electron chi connectivity index (χ0n) is 14.0. The van der Waals surface area contributed by atoms with Crippen LogP contribution in [0.25, 0.3) is 11.3 Å². The van der Waals surface area contributed by atoms with Crippen molar-refractivity contribution in [2.45, 2.75) is 51.7 Å². The average molecular weight is 329 g/mol.